The Labute approximate surface area is 112 Å². The number of carbonyl (C=O) groups is 2. The predicted octanol–water partition coefficient (Wildman–Crippen LogP) is 3.47. The second kappa shape index (κ2) is 6.18. The number of nitrogens with one attached hydrogen (secondary N) is 2. The molecule has 1 saturated carbocycles. The van der Waals surface area contributed by atoms with Crippen molar-refractivity contribution in [3.8, 4) is 0 Å². The smallest absolute Gasteiger partial charge is 0.314 e. The SMILES string of the molecule is CC(=O)c1cccc(NC(=O)NC=C2CCCC2)c1. The number of hydrogen-bond donors (Lipinski definition) is 2. The van der Waals surface area contributed by atoms with Gasteiger partial charge in [-0.1, -0.05) is 17.7 Å². The average Bonchev–Trinajstić information content (AvgIpc) is 2.90. The van der Waals surface area contributed by atoms with Crippen LogP contribution < -0.4 is 10.6 Å². The lowest BCUT2D eigenvalue weighted by Crippen LogP contribution is -2.24. The summed E-state index contributed by atoms with van der Waals surface area (Å²) in [4.78, 5) is 22.9. The maximum atomic E-state index is 11.7. The molecule has 0 radical (unpaired) electrons. The Kier molecular flexibility index (Phi) is 4.34. The fourth-order valence-electron chi connectivity index (χ4n) is 2.12. The van der Waals surface area contributed by atoms with Gasteiger partial charge in [0.2, 0.25) is 0 Å². The van der Waals surface area contributed by atoms with Crippen molar-refractivity contribution in [2.45, 2.75) is 32.6 Å². The number of allylic oxidation sites excluding steroid dienone is 1. The van der Waals surface area contributed by atoms with Gasteiger partial charge >= 0.3 is 6.03 Å². The summed E-state index contributed by atoms with van der Waals surface area (Å²) < 4.78 is 0. The van der Waals surface area contributed by atoms with E-state index < -0.39 is 0 Å². The second-order valence-corrected chi connectivity index (χ2v) is 4.75. The van der Waals surface area contributed by atoms with Crippen LogP contribution in [0.1, 0.15) is 43.0 Å². The molecule has 1 fully saturated rings. The molecule has 4 heteroatoms. The third-order valence-corrected chi connectivity index (χ3v) is 3.18. The second-order valence-electron chi connectivity index (χ2n) is 4.75. The molecular weight excluding hydrogens is 240 g/mol. The van der Waals surface area contributed by atoms with E-state index >= 15 is 0 Å². The van der Waals surface area contributed by atoms with E-state index in [4.69, 9.17) is 0 Å². The van der Waals surface area contributed by atoms with Crippen LogP contribution in [-0.2, 0) is 0 Å². The molecule has 2 amide bonds. The van der Waals surface area contributed by atoms with Gasteiger partial charge in [0.25, 0.3) is 0 Å². The number of Topliss-reactive ketones (excluding diaryl/α,β-unsaturated/α-hetero) is 1. The zero-order valence-corrected chi connectivity index (χ0v) is 11.0. The first-order valence-corrected chi connectivity index (χ1v) is 6.51. The first kappa shape index (κ1) is 13.3. The molecule has 0 unspecified atom stereocenters. The van der Waals surface area contributed by atoms with Crippen LogP contribution in [0.25, 0.3) is 0 Å². The van der Waals surface area contributed by atoms with E-state index in [9.17, 15) is 9.59 Å². The van der Waals surface area contributed by atoms with Gasteiger partial charge in [0, 0.05) is 17.5 Å². The van der Waals surface area contributed by atoms with E-state index in [1.807, 2.05) is 0 Å². The Bertz CT molecular complexity index is 513. The molecule has 0 spiro atoms. The molecule has 0 heterocycles. The molecule has 100 valence electrons. The molecule has 2 rings (SSSR count). The van der Waals surface area contributed by atoms with Crippen LogP contribution in [0, 0.1) is 0 Å². The van der Waals surface area contributed by atoms with Crippen LogP contribution in [-0.4, -0.2) is 11.8 Å². The van der Waals surface area contributed by atoms with Gasteiger partial charge in [0.05, 0.1) is 0 Å². The first-order valence-electron chi connectivity index (χ1n) is 6.51. The first-order chi connectivity index (χ1) is 9.15. The summed E-state index contributed by atoms with van der Waals surface area (Å²) in [5.41, 5.74) is 2.50. The van der Waals surface area contributed by atoms with Gasteiger partial charge in [0.15, 0.2) is 5.78 Å². The van der Waals surface area contributed by atoms with Crippen molar-refractivity contribution in [2.75, 3.05) is 5.32 Å². The third kappa shape index (κ3) is 3.95. The molecule has 0 aliphatic heterocycles. The van der Waals surface area contributed by atoms with Crippen LogP contribution in [0.5, 0.6) is 0 Å². The molecule has 4 nitrogen and oxygen atoms in total. The molecule has 1 aliphatic carbocycles. The van der Waals surface area contributed by atoms with Crippen molar-refractivity contribution >= 4 is 17.5 Å². The summed E-state index contributed by atoms with van der Waals surface area (Å²) in [6, 6.07) is 6.63. The molecule has 2 N–H and O–H groups in total. The van der Waals surface area contributed by atoms with Crippen molar-refractivity contribution in [3.05, 3.63) is 41.6 Å². The lowest BCUT2D eigenvalue weighted by molar-refractivity contribution is 0.101. The molecule has 0 saturated heterocycles. The number of rotatable bonds is 3. The van der Waals surface area contributed by atoms with E-state index in [-0.39, 0.29) is 11.8 Å². The number of urea groups is 1. The highest BCUT2D eigenvalue weighted by atomic mass is 16.2. The van der Waals surface area contributed by atoms with Crippen LogP contribution >= 0.6 is 0 Å². The predicted molar refractivity (Wildman–Crippen MR) is 75.2 cm³/mol. The lowest BCUT2D eigenvalue weighted by atomic mass is 10.1. The van der Waals surface area contributed by atoms with Crippen molar-refractivity contribution in [1.82, 2.24) is 5.32 Å². The summed E-state index contributed by atoms with van der Waals surface area (Å²) in [7, 11) is 0. The van der Waals surface area contributed by atoms with E-state index in [2.05, 4.69) is 10.6 Å². The Morgan fingerprint density at radius 1 is 1.21 bits per heavy atom. The van der Waals surface area contributed by atoms with Gasteiger partial charge in [0.1, 0.15) is 0 Å². The van der Waals surface area contributed by atoms with Crippen LogP contribution in [0.4, 0.5) is 10.5 Å². The number of amides is 2. The maximum Gasteiger partial charge on any atom is 0.323 e. The molecule has 0 bridgehead atoms. The van der Waals surface area contributed by atoms with E-state index in [0.717, 1.165) is 12.8 Å². The maximum absolute atomic E-state index is 11.7. The number of ketones is 1. The van der Waals surface area contributed by atoms with E-state index in [0.29, 0.717) is 11.3 Å². The summed E-state index contributed by atoms with van der Waals surface area (Å²) >= 11 is 0. The zero-order chi connectivity index (χ0) is 13.7. The highest BCUT2D eigenvalue weighted by Crippen LogP contribution is 2.22. The van der Waals surface area contributed by atoms with Crippen LogP contribution in [0.15, 0.2) is 36.0 Å². The van der Waals surface area contributed by atoms with Gasteiger partial charge in [-0.15, -0.1) is 0 Å². The van der Waals surface area contributed by atoms with Gasteiger partial charge in [-0.3, -0.25) is 4.79 Å². The minimum atomic E-state index is -0.278. The summed E-state index contributed by atoms with van der Waals surface area (Å²) in [6.45, 7) is 1.50. The largest absolute Gasteiger partial charge is 0.323 e. The summed E-state index contributed by atoms with van der Waals surface area (Å²) in [5.74, 6) is -0.0165. The quantitative estimate of drug-likeness (QED) is 0.815. The minimum Gasteiger partial charge on any atom is -0.314 e. The van der Waals surface area contributed by atoms with E-state index in [1.165, 1.54) is 25.3 Å². The van der Waals surface area contributed by atoms with Crippen molar-refractivity contribution in [3.63, 3.8) is 0 Å². The Balaban J connectivity index is 1.93. The van der Waals surface area contributed by atoms with Crippen molar-refractivity contribution in [2.24, 2.45) is 0 Å². The normalized spacial score (nSPS) is 14.1. The monoisotopic (exact) mass is 258 g/mol. The molecule has 1 aromatic rings. The molecule has 0 aromatic heterocycles. The van der Waals surface area contributed by atoms with Crippen molar-refractivity contribution < 1.29 is 9.59 Å². The molecular formula is C15H18N2O2. The Hall–Kier alpha value is -2.10. The zero-order valence-electron chi connectivity index (χ0n) is 11.0. The van der Waals surface area contributed by atoms with E-state index in [1.54, 1.807) is 30.5 Å². The summed E-state index contributed by atoms with van der Waals surface area (Å²) in [5, 5.41) is 5.44. The molecule has 19 heavy (non-hydrogen) atoms. The fourth-order valence-corrected chi connectivity index (χ4v) is 2.12. The van der Waals surface area contributed by atoms with Gasteiger partial charge in [-0.2, -0.15) is 0 Å². The number of hydrogen-bond acceptors (Lipinski definition) is 2. The third-order valence-electron chi connectivity index (χ3n) is 3.18. The van der Waals surface area contributed by atoms with Crippen LogP contribution in [0.3, 0.4) is 0 Å². The fraction of sp³-hybridized carbons (Fsp3) is 0.333. The Morgan fingerprint density at radius 2 is 1.95 bits per heavy atom. The van der Waals surface area contributed by atoms with Gasteiger partial charge in [-0.25, -0.2) is 4.79 Å². The molecule has 1 aliphatic rings. The number of benzene rings is 1. The Morgan fingerprint density at radius 3 is 2.63 bits per heavy atom. The van der Waals surface area contributed by atoms with Gasteiger partial charge < -0.3 is 10.6 Å². The highest BCUT2D eigenvalue weighted by Gasteiger charge is 2.07. The number of carbonyl (C=O) groups excluding carboxylic acids is 2. The minimum absolute atomic E-state index is 0.0165. The average molecular weight is 258 g/mol. The highest BCUT2D eigenvalue weighted by molar-refractivity contribution is 5.96. The number of anilines is 1. The van der Waals surface area contributed by atoms with Crippen molar-refractivity contribution in [1.29, 1.82) is 0 Å². The molecule has 1 aromatic carbocycles. The lowest BCUT2D eigenvalue weighted by Gasteiger charge is -2.06. The topological polar surface area (TPSA) is 58.2 Å². The van der Waals surface area contributed by atoms with Gasteiger partial charge in [-0.05, 0) is 44.7 Å². The standard InChI is InChI=1S/C15H18N2O2/c1-11(18)13-7-4-8-14(9-13)17-15(19)16-10-12-5-2-3-6-12/h4,7-10H,2-3,5-6H2,1H3,(H2,16,17,19). The summed E-state index contributed by atoms with van der Waals surface area (Å²) in [6.07, 6.45) is 6.34. The van der Waals surface area contributed by atoms with Crippen LogP contribution in [0.2, 0.25) is 0 Å². The molecule has 0 atom stereocenters.